The van der Waals surface area contributed by atoms with Crippen molar-refractivity contribution in [2.75, 3.05) is 62.7 Å². The van der Waals surface area contributed by atoms with Crippen LogP contribution in [0.1, 0.15) is 35.2 Å². The number of hydrogen-bond donors (Lipinski definition) is 1. The lowest BCUT2D eigenvalue weighted by molar-refractivity contribution is -0.127. The van der Waals surface area contributed by atoms with Gasteiger partial charge in [0.15, 0.2) is 0 Å². The first-order chi connectivity index (χ1) is 21.1. The number of pyridine rings is 1. The minimum Gasteiger partial charge on any atom is -0.475 e. The molecule has 6 rings (SSSR count). The largest absolute Gasteiger partial charge is 0.475 e. The van der Waals surface area contributed by atoms with Gasteiger partial charge in [-0.3, -0.25) is 9.89 Å². The number of allylic oxidation sites excluding steroid dienone is 1. The van der Waals surface area contributed by atoms with Gasteiger partial charge in [0.25, 0.3) is 0 Å². The zero-order chi connectivity index (χ0) is 31.0. The molecule has 2 fully saturated rings. The minimum atomic E-state index is -4.55. The number of aromatic nitrogens is 3. The summed E-state index contributed by atoms with van der Waals surface area (Å²) in [5, 5.41) is 18.7. The maximum Gasteiger partial charge on any atom is 0.409 e. The SMILES string of the molecule is Cc1ccc2[nH]ncc2c1N1CCc2c(nc(OCC3CCCN3C)c(C#N)c2N2CCN(C(=O)C=CC(F)(F)F)CC2)C1. The highest BCUT2D eigenvalue weighted by Gasteiger charge is 2.33. The molecule has 44 heavy (non-hydrogen) atoms. The molecule has 3 aromatic rings. The summed E-state index contributed by atoms with van der Waals surface area (Å²) in [5.41, 5.74) is 6.07. The predicted octanol–water partition coefficient (Wildman–Crippen LogP) is 3.94. The Morgan fingerprint density at radius 1 is 1.16 bits per heavy atom. The van der Waals surface area contributed by atoms with Gasteiger partial charge in [-0.25, -0.2) is 4.98 Å². The van der Waals surface area contributed by atoms with E-state index in [1.54, 1.807) is 0 Å². The number of likely N-dealkylation sites (tertiary alicyclic amines) is 1. The van der Waals surface area contributed by atoms with Gasteiger partial charge < -0.3 is 24.3 Å². The number of aromatic amines is 1. The topological polar surface area (TPSA) is 105 Å². The molecule has 0 bridgehead atoms. The predicted molar refractivity (Wildman–Crippen MR) is 160 cm³/mol. The molecule has 1 N–H and O–H groups in total. The maximum absolute atomic E-state index is 12.6. The van der Waals surface area contributed by atoms with Crippen molar-refractivity contribution in [1.29, 1.82) is 5.26 Å². The van der Waals surface area contributed by atoms with Crippen molar-refractivity contribution in [3.8, 4) is 11.9 Å². The highest BCUT2D eigenvalue weighted by atomic mass is 19.4. The first-order valence-electron chi connectivity index (χ1n) is 14.9. The Morgan fingerprint density at radius 3 is 2.66 bits per heavy atom. The molecule has 0 radical (unpaired) electrons. The molecule has 232 valence electrons. The fraction of sp³-hybridized carbons (Fsp3) is 0.484. The number of hydrogen-bond acceptors (Lipinski definition) is 8. The third kappa shape index (κ3) is 5.91. The van der Waals surface area contributed by atoms with Gasteiger partial charge in [-0.05, 0) is 51.4 Å². The first kappa shape index (κ1) is 29.7. The number of benzene rings is 1. The van der Waals surface area contributed by atoms with Gasteiger partial charge in [0, 0.05) is 61.9 Å². The van der Waals surface area contributed by atoms with Crippen LogP contribution in [0.5, 0.6) is 5.88 Å². The van der Waals surface area contributed by atoms with Crippen LogP contribution in [0.3, 0.4) is 0 Å². The summed E-state index contributed by atoms with van der Waals surface area (Å²) < 4.78 is 44.2. The number of alkyl halides is 3. The van der Waals surface area contributed by atoms with Crippen molar-refractivity contribution in [3.05, 3.63) is 52.9 Å². The number of anilines is 2. The van der Waals surface area contributed by atoms with Crippen molar-refractivity contribution in [2.45, 2.75) is 44.9 Å². The normalized spacial score (nSPS) is 19.5. The number of carbonyl (C=O) groups is 1. The van der Waals surface area contributed by atoms with Gasteiger partial charge in [-0.15, -0.1) is 0 Å². The number of amides is 1. The summed E-state index contributed by atoms with van der Waals surface area (Å²) in [6.07, 6.45) is 0.575. The molecular formula is C31H35F3N8O2. The van der Waals surface area contributed by atoms with E-state index in [0.717, 1.165) is 58.5 Å². The van der Waals surface area contributed by atoms with E-state index in [0.29, 0.717) is 56.7 Å². The van der Waals surface area contributed by atoms with Gasteiger partial charge in [0.1, 0.15) is 18.2 Å². The van der Waals surface area contributed by atoms with E-state index >= 15 is 0 Å². The smallest absolute Gasteiger partial charge is 0.409 e. The summed E-state index contributed by atoms with van der Waals surface area (Å²) in [7, 11) is 2.07. The Bertz CT molecular complexity index is 1620. The van der Waals surface area contributed by atoms with Gasteiger partial charge in [0.05, 0.1) is 35.3 Å². The molecule has 10 nitrogen and oxygen atoms in total. The van der Waals surface area contributed by atoms with Crippen molar-refractivity contribution in [1.82, 2.24) is 25.0 Å². The molecule has 1 unspecified atom stereocenters. The molecule has 13 heteroatoms. The van der Waals surface area contributed by atoms with E-state index in [2.05, 4.69) is 51.0 Å². The Labute approximate surface area is 253 Å². The third-order valence-electron chi connectivity index (χ3n) is 8.93. The van der Waals surface area contributed by atoms with Gasteiger partial charge in [-0.2, -0.15) is 23.5 Å². The van der Waals surface area contributed by atoms with Crippen molar-refractivity contribution >= 4 is 28.2 Å². The number of rotatable bonds is 6. The quantitative estimate of drug-likeness (QED) is 0.420. The molecule has 3 aliphatic rings. The average Bonchev–Trinajstić information content (AvgIpc) is 3.66. The molecular weight excluding hydrogens is 573 g/mol. The highest BCUT2D eigenvalue weighted by Crippen LogP contribution is 2.40. The van der Waals surface area contributed by atoms with E-state index in [-0.39, 0.29) is 25.2 Å². The number of likely N-dealkylation sites (N-methyl/N-ethyl adjacent to an activating group) is 1. The van der Waals surface area contributed by atoms with Crippen LogP contribution in [-0.4, -0.2) is 96.0 Å². The van der Waals surface area contributed by atoms with Crippen LogP contribution < -0.4 is 14.5 Å². The summed E-state index contributed by atoms with van der Waals surface area (Å²) in [5.74, 6) is -0.378. The van der Waals surface area contributed by atoms with E-state index in [1.807, 2.05) is 12.3 Å². The second kappa shape index (κ2) is 12.0. The van der Waals surface area contributed by atoms with Crippen molar-refractivity contribution in [2.24, 2.45) is 0 Å². The minimum absolute atomic E-state index is 0.0301. The third-order valence-corrected chi connectivity index (χ3v) is 8.93. The van der Waals surface area contributed by atoms with Crippen LogP contribution in [0.2, 0.25) is 0 Å². The number of nitrogens with one attached hydrogen (secondary N) is 1. The Kier molecular flexibility index (Phi) is 8.11. The summed E-state index contributed by atoms with van der Waals surface area (Å²) in [6, 6.07) is 6.68. The fourth-order valence-corrected chi connectivity index (χ4v) is 6.60. The van der Waals surface area contributed by atoms with Crippen LogP contribution in [0, 0.1) is 18.3 Å². The number of H-pyrrole nitrogens is 1. The lowest BCUT2D eigenvalue weighted by Gasteiger charge is -2.39. The number of piperazine rings is 1. The maximum atomic E-state index is 12.6. The molecule has 1 amide bonds. The standard InChI is InChI=1S/C31H35F3N8O2/c1-20-5-6-25-24(17-36-38-25)28(20)42-11-8-22-26(18-42)37-30(44-19-21-4-3-10-39(21)2)23(16-35)29(22)41-14-12-40(13-15-41)27(43)7-9-31(32,33)34/h5-7,9,17,21H,3-4,8,10-15,18-19H2,1-2H3,(H,36,38). The average molecular weight is 609 g/mol. The molecule has 1 aromatic carbocycles. The fourth-order valence-electron chi connectivity index (χ4n) is 6.60. The van der Waals surface area contributed by atoms with E-state index in [9.17, 15) is 23.2 Å². The molecule has 5 heterocycles. The number of carbonyl (C=O) groups excluding carboxylic acids is 1. The van der Waals surface area contributed by atoms with Crippen LogP contribution >= 0.6 is 0 Å². The van der Waals surface area contributed by atoms with Crippen LogP contribution in [0.15, 0.2) is 30.5 Å². The lowest BCUT2D eigenvalue weighted by Crippen LogP contribution is -2.49. The van der Waals surface area contributed by atoms with Crippen molar-refractivity contribution in [3.63, 3.8) is 0 Å². The molecule has 0 spiro atoms. The van der Waals surface area contributed by atoms with E-state index in [1.165, 1.54) is 4.90 Å². The number of ether oxygens (including phenoxy) is 1. The summed E-state index contributed by atoms with van der Waals surface area (Å²) in [4.78, 5) is 25.4. The molecule has 2 aromatic heterocycles. The van der Waals surface area contributed by atoms with Crippen LogP contribution in [0.25, 0.3) is 10.9 Å². The number of nitrogens with zero attached hydrogens (tertiary/aromatic N) is 7. The van der Waals surface area contributed by atoms with Gasteiger partial charge in [0.2, 0.25) is 11.8 Å². The summed E-state index contributed by atoms with van der Waals surface area (Å²) in [6.45, 7) is 5.92. The zero-order valence-corrected chi connectivity index (χ0v) is 24.8. The van der Waals surface area contributed by atoms with E-state index < -0.39 is 12.1 Å². The number of fused-ring (bicyclic) bond motifs is 2. The Hall–Kier alpha value is -4.31. The second-order valence-electron chi connectivity index (χ2n) is 11.7. The monoisotopic (exact) mass is 608 g/mol. The number of nitriles is 1. The molecule has 0 aliphatic carbocycles. The molecule has 1 atom stereocenters. The number of aryl methyl sites for hydroxylation is 1. The molecule has 0 saturated carbocycles. The lowest BCUT2D eigenvalue weighted by atomic mass is 9.97. The van der Waals surface area contributed by atoms with Gasteiger partial charge in [-0.1, -0.05) is 6.07 Å². The van der Waals surface area contributed by atoms with Crippen LogP contribution in [-0.2, 0) is 17.8 Å². The van der Waals surface area contributed by atoms with E-state index in [4.69, 9.17) is 9.72 Å². The zero-order valence-electron chi connectivity index (χ0n) is 24.8. The number of halogens is 3. The first-order valence-corrected chi connectivity index (χ1v) is 14.9. The van der Waals surface area contributed by atoms with Crippen molar-refractivity contribution < 1.29 is 22.7 Å². The Balaban J connectivity index is 1.32. The molecule has 3 aliphatic heterocycles. The van der Waals surface area contributed by atoms with Crippen LogP contribution in [0.4, 0.5) is 24.5 Å². The Morgan fingerprint density at radius 2 is 1.95 bits per heavy atom. The second-order valence-corrected chi connectivity index (χ2v) is 11.7. The summed E-state index contributed by atoms with van der Waals surface area (Å²) >= 11 is 0. The van der Waals surface area contributed by atoms with Gasteiger partial charge >= 0.3 is 6.18 Å². The highest BCUT2D eigenvalue weighted by molar-refractivity contribution is 5.93. The molecule has 2 saturated heterocycles.